The zero-order chi connectivity index (χ0) is 26.3. The number of rotatable bonds is 9. The van der Waals surface area contributed by atoms with Gasteiger partial charge in [0.15, 0.2) is 17.4 Å². The molecule has 0 saturated carbocycles. The maximum absolute atomic E-state index is 13.6. The maximum Gasteiger partial charge on any atom is 0.407 e. The van der Waals surface area contributed by atoms with Crippen LogP contribution in [0.5, 0.6) is 0 Å². The molecule has 1 aliphatic heterocycles. The van der Waals surface area contributed by atoms with Gasteiger partial charge in [-0.15, -0.1) is 10.2 Å². The Labute approximate surface area is 226 Å². The van der Waals surface area contributed by atoms with Crippen LogP contribution in [0.15, 0.2) is 78.9 Å². The van der Waals surface area contributed by atoms with Gasteiger partial charge in [0, 0.05) is 16.1 Å². The number of benzene rings is 3. The van der Waals surface area contributed by atoms with Gasteiger partial charge in [-0.2, -0.15) is 0 Å². The first-order chi connectivity index (χ1) is 18.6. The molecule has 0 aliphatic carbocycles. The van der Waals surface area contributed by atoms with Gasteiger partial charge >= 0.3 is 6.09 Å². The van der Waals surface area contributed by atoms with E-state index < -0.39 is 6.09 Å². The number of nitrogens with one attached hydrogen (secondary N) is 1. The van der Waals surface area contributed by atoms with E-state index in [4.69, 9.17) is 16.3 Å². The summed E-state index contributed by atoms with van der Waals surface area (Å²) in [4.78, 5) is 28.3. The van der Waals surface area contributed by atoms with Crippen molar-refractivity contribution in [3.63, 3.8) is 0 Å². The molecule has 1 aromatic heterocycles. The van der Waals surface area contributed by atoms with E-state index in [9.17, 15) is 9.59 Å². The van der Waals surface area contributed by atoms with Crippen LogP contribution in [0.3, 0.4) is 0 Å². The van der Waals surface area contributed by atoms with Crippen molar-refractivity contribution in [1.82, 2.24) is 25.0 Å². The Morgan fingerprint density at radius 1 is 0.895 bits per heavy atom. The largest absolute Gasteiger partial charge is 0.445 e. The van der Waals surface area contributed by atoms with Gasteiger partial charge in [0.2, 0.25) is 0 Å². The lowest BCUT2D eigenvalue weighted by atomic mass is 10.0. The van der Waals surface area contributed by atoms with E-state index in [2.05, 4.69) is 20.4 Å². The van der Waals surface area contributed by atoms with Crippen LogP contribution in [0.4, 0.5) is 4.79 Å². The van der Waals surface area contributed by atoms with Crippen molar-refractivity contribution in [3.8, 4) is 5.69 Å². The van der Waals surface area contributed by atoms with Crippen molar-refractivity contribution in [1.29, 1.82) is 0 Å². The van der Waals surface area contributed by atoms with Crippen molar-refractivity contribution < 1.29 is 14.3 Å². The molecule has 0 unspecified atom stereocenters. The number of ketones is 1. The average Bonchev–Trinajstić information content (AvgIpc) is 3.61. The normalized spacial score (nSPS) is 13.4. The van der Waals surface area contributed by atoms with Crippen LogP contribution in [0.1, 0.15) is 46.0 Å². The predicted molar refractivity (Wildman–Crippen MR) is 144 cm³/mol. The molecule has 5 rings (SSSR count). The lowest BCUT2D eigenvalue weighted by Gasteiger charge is -2.18. The molecule has 4 aromatic rings. The highest BCUT2D eigenvalue weighted by molar-refractivity contribution is 6.31. The molecule has 1 amide bonds. The third-order valence-electron chi connectivity index (χ3n) is 6.44. The van der Waals surface area contributed by atoms with Gasteiger partial charge in [-0.05, 0) is 49.7 Å². The standard InChI is InChI=1S/C29H28ClN5O3/c30-23-13-14-25(24(17-23)28(36)22-11-5-2-6-12-22)35-26(32-33-27(35)19-34-15-7-8-16-34)18-31-29(37)38-20-21-9-3-1-4-10-21/h1-6,9-14,17H,7-8,15-16,18-20H2,(H,31,37). The van der Waals surface area contributed by atoms with E-state index in [0.29, 0.717) is 40.0 Å². The Kier molecular flexibility index (Phi) is 8.11. The minimum atomic E-state index is -0.568. The van der Waals surface area contributed by atoms with Gasteiger partial charge in [0.05, 0.1) is 18.8 Å². The quantitative estimate of drug-likeness (QED) is 0.301. The highest BCUT2D eigenvalue weighted by atomic mass is 35.5. The fourth-order valence-corrected chi connectivity index (χ4v) is 4.72. The van der Waals surface area contributed by atoms with Gasteiger partial charge in [0.25, 0.3) is 0 Å². The summed E-state index contributed by atoms with van der Waals surface area (Å²) in [7, 11) is 0. The fourth-order valence-electron chi connectivity index (χ4n) is 4.54. The van der Waals surface area contributed by atoms with Gasteiger partial charge in [-0.3, -0.25) is 14.3 Å². The average molecular weight is 530 g/mol. The second-order valence-electron chi connectivity index (χ2n) is 9.12. The van der Waals surface area contributed by atoms with E-state index in [0.717, 1.165) is 31.5 Å². The van der Waals surface area contributed by atoms with Crippen LogP contribution < -0.4 is 5.32 Å². The monoisotopic (exact) mass is 529 g/mol. The molecule has 8 nitrogen and oxygen atoms in total. The zero-order valence-corrected chi connectivity index (χ0v) is 21.6. The number of likely N-dealkylation sites (tertiary alicyclic amines) is 1. The third kappa shape index (κ3) is 6.10. The highest BCUT2D eigenvalue weighted by Gasteiger charge is 2.24. The number of hydrogen-bond donors (Lipinski definition) is 1. The van der Waals surface area contributed by atoms with Crippen molar-refractivity contribution in [2.45, 2.75) is 32.5 Å². The van der Waals surface area contributed by atoms with E-state index in [1.165, 1.54) is 0 Å². The molecule has 1 N–H and O–H groups in total. The van der Waals surface area contributed by atoms with Crippen LogP contribution in [-0.4, -0.2) is 44.6 Å². The number of hydrogen-bond acceptors (Lipinski definition) is 6. The Morgan fingerprint density at radius 3 is 2.32 bits per heavy atom. The molecule has 1 fully saturated rings. The first kappa shape index (κ1) is 25.6. The van der Waals surface area contributed by atoms with Crippen LogP contribution in [0, 0.1) is 0 Å². The topological polar surface area (TPSA) is 89.4 Å². The summed E-state index contributed by atoms with van der Waals surface area (Å²) in [5, 5.41) is 12.1. The van der Waals surface area contributed by atoms with E-state index >= 15 is 0 Å². The highest BCUT2D eigenvalue weighted by Crippen LogP contribution is 2.26. The van der Waals surface area contributed by atoms with Gasteiger partial charge < -0.3 is 10.1 Å². The molecule has 1 saturated heterocycles. The van der Waals surface area contributed by atoms with E-state index in [-0.39, 0.29) is 18.9 Å². The minimum Gasteiger partial charge on any atom is -0.445 e. The number of alkyl carbamates (subject to hydrolysis) is 1. The van der Waals surface area contributed by atoms with Crippen LogP contribution in [-0.2, 0) is 24.4 Å². The number of nitrogens with zero attached hydrogens (tertiary/aromatic N) is 4. The fraction of sp³-hybridized carbons (Fsp3) is 0.241. The van der Waals surface area contributed by atoms with Crippen LogP contribution in [0.2, 0.25) is 5.02 Å². The second-order valence-corrected chi connectivity index (χ2v) is 9.56. The van der Waals surface area contributed by atoms with E-state index in [1.54, 1.807) is 30.3 Å². The molecule has 9 heteroatoms. The predicted octanol–water partition coefficient (Wildman–Crippen LogP) is 5.17. The van der Waals surface area contributed by atoms with Gasteiger partial charge in [-0.1, -0.05) is 72.3 Å². The minimum absolute atomic E-state index is 0.0716. The molecule has 0 radical (unpaired) electrons. The Hall–Kier alpha value is -4.01. The number of ether oxygens (including phenoxy) is 1. The summed E-state index contributed by atoms with van der Waals surface area (Å²) in [5.41, 5.74) is 2.48. The Balaban J connectivity index is 1.44. The van der Waals surface area contributed by atoms with Crippen molar-refractivity contribution in [3.05, 3.63) is 112 Å². The summed E-state index contributed by atoms with van der Waals surface area (Å²) < 4.78 is 7.21. The lowest BCUT2D eigenvalue weighted by molar-refractivity contribution is 0.103. The number of halogens is 1. The summed E-state index contributed by atoms with van der Waals surface area (Å²) in [6.45, 7) is 2.76. The van der Waals surface area contributed by atoms with Crippen LogP contribution in [0.25, 0.3) is 5.69 Å². The first-order valence-electron chi connectivity index (χ1n) is 12.6. The summed E-state index contributed by atoms with van der Waals surface area (Å²) >= 11 is 6.34. The van der Waals surface area contributed by atoms with Crippen LogP contribution >= 0.6 is 11.6 Å². The van der Waals surface area contributed by atoms with Gasteiger partial charge in [0.1, 0.15) is 6.61 Å². The summed E-state index contributed by atoms with van der Waals surface area (Å²) in [5.74, 6) is 1.01. The number of carbonyl (C=O) groups excluding carboxylic acids is 2. The SMILES string of the molecule is O=C(NCc1nnc(CN2CCCC2)n1-c1ccc(Cl)cc1C(=O)c1ccccc1)OCc1ccccc1. The zero-order valence-electron chi connectivity index (χ0n) is 20.8. The summed E-state index contributed by atoms with van der Waals surface area (Å²) in [6.07, 6.45) is 1.70. The molecule has 0 bridgehead atoms. The molecule has 38 heavy (non-hydrogen) atoms. The number of carbonyl (C=O) groups is 2. The van der Waals surface area contributed by atoms with Crippen molar-refractivity contribution in [2.75, 3.05) is 13.1 Å². The third-order valence-corrected chi connectivity index (χ3v) is 6.68. The molecule has 194 valence electrons. The molecular formula is C29H28ClN5O3. The smallest absolute Gasteiger partial charge is 0.407 e. The van der Waals surface area contributed by atoms with Crippen molar-refractivity contribution in [2.24, 2.45) is 0 Å². The van der Waals surface area contributed by atoms with Gasteiger partial charge in [-0.25, -0.2) is 4.79 Å². The Morgan fingerprint density at radius 2 is 1.58 bits per heavy atom. The number of aromatic nitrogens is 3. The maximum atomic E-state index is 13.6. The second kappa shape index (κ2) is 12.0. The summed E-state index contributed by atoms with van der Waals surface area (Å²) in [6, 6.07) is 23.7. The van der Waals surface area contributed by atoms with Crippen molar-refractivity contribution >= 4 is 23.5 Å². The number of amides is 1. The molecule has 0 atom stereocenters. The molecule has 0 spiro atoms. The first-order valence-corrected chi connectivity index (χ1v) is 13.0. The van der Waals surface area contributed by atoms with E-state index in [1.807, 2.05) is 53.1 Å². The lowest BCUT2D eigenvalue weighted by Crippen LogP contribution is -2.26. The molecule has 3 aromatic carbocycles. The Bertz CT molecular complexity index is 1400. The molecule has 2 heterocycles. The molecular weight excluding hydrogens is 502 g/mol. The molecule has 1 aliphatic rings.